The van der Waals surface area contributed by atoms with Crippen LogP contribution in [0.3, 0.4) is 0 Å². The highest BCUT2D eigenvalue weighted by atomic mass is 16.5. The summed E-state index contributed by atoms with van der Waals surface area (Å²) in [6.07, 6.45) is 4.79. The van der Waals surface area contributed by atoms with E-state index in [1.54, 1.807) is 0 Å². The molecule has 4 heteroatoms. The summed E-state index contributed by atoms with van der Waals surface area (Å²) in [4.78, 5) is 2.46. The summed E-state index contributed by atoms with van der Waals surface area (Å²) in [5.74, 6) is 0. The lowest BCUT2D eigenvalue weighted by molar-refractivity contribution is -0.0422. The molecule has 0 bridgehead atoms. The van der Waals surface area contributed by atoms with Gasteiger partial charge in [0.05, 0.1) is 32.0 Å². The monoisotopic (exact) mass is 383 g/mol. The van der Waals surface area contributed by atoms with E-state index in [2.05, 4.69) is 65.6 Å². The summed E-state index contributed by atoms with van der Waals surface area (Å²) in [6.45, 7) is 4.10. The van der Waals surface area contributed by atoms with Gasteiger partial charge >= 0.3 is 0 Å². The van der Waals surface area contributed by atoms with Crippen molar-refractivity contribution in [1.29, 1.82) is 0 Å². The van der Waals surface area contributed by atoms with Gasteiger partial charge < -0.3 is 14.6 Å². The second-order valence-corrected chi connectivity index (χ2v) is 7.55. The molecular weight excluding hydrogens is 350 g/mol. The van der Waals surface area contributed by atoms with E-state index in [0.717, 1.165) is 51.9 Å². The highest BCUT2D eigenvalue weighted by Gasteiger charge is 2.22. The van der Waals surface area contributed by atoms with Gasteiger partial charge in [-0.1, -0.05) is 60.7 Å². The second-order valence-electron chi connectivity index (χ2n) is 7.55. The van der Waals surface area contributed by atoms with Crippen LogP contribution < -0.4 is 0 Å². The van der Waals surface area contributed by atoms with E-state index in [9.17, 15) is 0 Å². The van der Waals surface area contributed by atoms with E-state index in [1.165, 1.54) is 11.1 Å². The zero-order valence-corrected chi connectivity index (χ0v) is 16.7. The molecule has 1 saturated carbocycles. The Kier molecular flexibility index (Phi) is 8.98. The lowest BCUT2D eigenvalue weighted by Crippen LogP contribution is -2.31. The van der Waals surface area contributed by atoms with Gasteiger partial charge in [-0.2, -0.15) is 0 Å². The first kappa shape index (κ1) is 21.0. The third-order valence-electron chi connectivity index (χ3n) is 5.33. The van der Waals surface area contributed by atoms with Crippen molar-refractivity contribution in [2.75, 3.05) is 26.4 Å². The van der Waals surface area contributed by atoms with Gasteiger partial charge in [-0.15, -0.1) is 0 Å². The Morgan fingerprint density at radius 2 is 1.18 bits per heavy atom. The first-order valence-electron chi connectivity index (χ1n) is 10.5. The van der Waals surface area contributed by atoms with Gasteiger partial charge in [0.25, 0.3) is 0 Å². The summed E-state index contributed by atoms with van der Waals surface area (Å²) in [5.41, 5.74) is 2.67. The molecule has 1 fully saturated rings. The lowest BCUT2D eigenvalue weighted by atomic mass is 9.95. The third-order valence-corrected chi connectivity index (χ3v) is 5.33. The molecule has 0 saturated heterocycles. The summed E-state index contributed by atoms with van der Waals surface area (Å²) in [5, 5.41) is 8.87. The van der Waals surface area contributed by atoms with Crippen LogP contribution in [0.1, 0.15) is 36.8 Å². The second kappa shape index (κ2) is 12.0. The molecule has 1 N–H and O–H groups in total. The fourth-order valence-electron chi connectivity index (χ4n) is 3.83. The average molecular weight is 384 g/mol. The summed E-state index contributed by atoms with van der Waals surface area (Å²) in [7, 11) is 0. The standard InChI is InChI=1S/C24H33NO3/c26-16-18-28-24-13-11-23(12-14-24)27-17-15-25(19-21-7-3-1-4-8-21)20-22-9-5-2-6-10-22/h1-10,23-24,26H,11-20H2. The maximum atomic E-state index is 8.87. The number of aliphatic hydroxyl groups is 1. The van der Waals surface area contributed by atoms with Crippen LogP contribution in [0.15, 0.2) is 60.7 Å². The van der Waals surface area contributed by atoms with Crippen molar-refractivity contribution >= 4 is 0 Å². The molecule has 0 amide bonds. The van der Waals surface area contributed by atoms with Crippen molar-refractivity contribution in [3.05, 3.63) is 71.8 Å². The zero-order chi connectivity index (χ0) is 19.4. The molecule has 1 aliphatic carbocycles. The SMILES string of the molecule is OCCOC1CCC(OCCN(Cc2ccccc2)Cc2ccccc2)CC1. The molecule has 2 aromatic rings. The predicted octanol–water partition coefficient (Wildman–Crippen LogP) is 4.03. The first-order chi connectivity index (χ1) is 13.8. The number of benzene rings is 2. The average Bonchev–Trinajstić information content (AvgIpc) is 2.74. The van der Waals surface area contributed by atoms with Gasteiger partial charge in [0, 0.05) is 19.6 Å². The summed E-state index contributed by atoms with van der Waals surface area (Å²) < 4.78 is 11.8. The molecule has 0 radical (unpaired) electrons. The molecule has 1 aliphatic rings. The topological polar surface area (TPSA) is 41.9 Å². The van der Waals surface area contributed by atoms with Gasteiger partial charge in [0.2, 0.25) is 0 Å². The van der Waals surface area contributed by atoms with Crippen LogP contribution in [0.5, 0.6) is 0 Å². The third kappa shape index (κ3) is 7.36. The Balaban J connectivity index is 1.45. The van der Waals surface area contributed by atoms with E-state index >= 15 is 0 Å². The smallest absolute Gasteiger partial charge is 0.0701 e. The maximum Gasteiger partial charge on any atom is 0.0701 e. The normalized spacial score (nSPS) is 19.8. The molecule has 0 atom stereocenters. The summed E-state index contributed by atoms with van der Waals surface area (Å²) in [6, 6.07) is 21.3. The molecule has 0 aromatic heterocycles. The van der Waals surface area contributed by atoms with Gasteiger partial charge in [-0.3, -0.25) is 4.90 Å². The van der Waals surface area contributed by atoms with E-state index < -0.39 is 0 Å². The van der Waals surface area contributed by atoms with Gasteiger partial charge in [0.15, 0.2) is 0 Å². The molecule has 0 spiro atoms. The van der Waals surface area contributed by atoms with Crippen LogP contribution in [0.4, 0.5) is 0 Å². The highest BCUT2D eigenvalue weighted by Crippen LogP contribution is 2.23. The van der Waals surface area contributed by atoms with Crippen molar-refractivity contribution in [2.24, 2.45) is 0 Å². The number of ether oxygens (including phenoxy) is 2. The largest absolute Gasteiger partial charge is 0.394 e. The molecular formula is C24H33NO3. The van der Waals surface area contributed by atoms with E-state index in [1.807, 2.05) is 0 Å². The Hall–Kier alpha value is -1.72. The Bertz CT molecular complexity index is 600. The molecule has 2 aromatic carbocycles. The molecule has 0 heterocycles. The van der Waals surface area contributed by atoms with Crippen LogP contribution in [0, 0.1) is 0 Å². The van der Waals surface area contributed by atoms with Gasteiger partial charge in [-0.25, -0.2) is 0 Å². The number of aliphatic hydroxyl groups excluding tert-OH is 1. The minimum atomic E-state index is 0.106. The Morgan fingerprint density at radius 3 is 1.64 bits per heavy atom. The number of hydrogen-bond donors (Lipinski definition) is 1. The number of nitrogens with zero attached hydrogens (tertiary/aromatic N) is 1. The van der Waals surface area contributed by atoms with Gasteiger partial charge in [-0.05, 0) is 36.8 Å². The Labute approximate surface area is 169 Å². The molecule has 28 heavy (non-hydrogen) atoms. The maximum absolute atomic E-state index is 8.87. The molecule has 3 rings (SSSR count). The fourth-order valence-corrected chi connectivity index (χ4v) is 3.83. The van der Waals surface area contributed by atoms with Crippen LogP contribution in [0.2, 0.25) is 0 Å². The van der Waals surface area contributed by atoms with Crippen LogP contribution in [0.25, 0.3) is 0 Å². The number of rotatable bonds is 11. The first-order valence-corrected chi connectivity index (χ1v) is 10.5. The van der Waals surface area contributed by atoms with Gasteiger partial charge in [0.1, 0.15) is 0 Å². The fraction of sp³-hybridized carbons (Fsp3) is 0.500. The zero-order valence-electron chi connectivity index (χ0n) is 16.7. The van der Waals surface area contributed by atoms with Crippen molar-refractivity contribution in [3.8, 4) is 0 Å². The van der Waals surface area contributed by atoms with E-state index in [0.29, 0.717) is 18.8 Å². The molecule has 4 nitrogen and oxygen atoms in total. The van der Waals surface area contributed by atoms with Crippen molar-refractivity contribution < 1.29 is 14.6 Å². The minimum Gasteiger partial charge on any atom is -0.394 e. The molecule has 0 unspecified atom stereocenters. The highest BCUT2D eigenvalue weighted by molar-refractivity contribution is 5.17. The van der Waals surface area contributed by atoms with Crippen LogP contribution in [-0.2, 0) is 22.6 Å². The molecule has 0 aliphatic heterocycles. The van der Waals surface area contributed by atoms with Crippen LogP contribution >= 0.6 is 0 Å². The Morgan fingerprint density at radius 1 is 0.714 bits per heavy atom. The quantitative estimate of drug-likeness (QED) is 0.636. The predicted molar refractivity (Wildman–Crippen MR) is 112 cm³/mol. The number of hydrogen-bond acceptors (Lipinski definition) is 4. The van der Waals surface area contributed by atoms with Crippen molar-refractivity contribution in [1.82, 2.24) is 4.90 Å². The van der Waals surface area contributed by atoms with E-state index in [4.69, 9.17) is 14.6 Å². The minimum absolute atomic E-state index is 0.106. The molecule has 152 valence electrons. The summed E-state index contributed by atoms with van der Waals surface area (Å²) >= 11 is 0. The van der Waals surface area contributed by atoms with E-state index in [-0.39, 0.29) is 6.61 Å². The van der Waals surface area contributed by atoms with Crippen LogP contribution in [-0.4, -0.2) is 48.6 Å². The lowest BCUT2D eigenvalue weighted by Gasteiger charge is -2.29. The van der Waals surface area contributed by atoms with Crippen molar-refractivity contribution in [2.45, 2.75) is 51.0 Å². The van der Waals surface area contributed by atoms with Crippen molar-refractivity contribution in [3.63, 3.8) is 0 Å².